The molecule has 1 fully saturated rings. The van der Waals surface area contributed by atoms with Crippen LogP contribution in [0.25, 0.3) is 0 Å². The van der Waals surface area contributed by atoms with Crippen LogP contribution in [0.2, 0.25) is 0 Å². The summed E-state index contributed by atoms with van der Waals surface area (Å²) in [5.74, 6) is -0.891. The van der Waals surface area contributed by atoms with Gasteiger partial charge in [-0.2, -0.15) is 0 Å². The molecule has 5 nitrogen and oxygen atoms in total. The molecule has 2 rings (SSSR count). The average Bonchev–Trinajstić information content (AvgIpc) is 2.98. The predicted molar refractivity (Wildman–Crippen MR) is 72.6 cm³/mol. The van der Waals surface area contributed by atoms with Crippen molar-refractivity contribution in [3.05, 3.63) is 11.1 Å². The van der Waals surface area contributed by atoms with E-state index in [9.17, 15) is 4.79 Å². The molecule has 1 aromatic rings. The van der Waals surface area contributed by atoms with E-state index in [0.29, 0.717) is 10.9 Å². The minimum atomic E-state index is -0.891. The highest BCUT2D eigenvalue weighted by molar-refractivity contribution is 7.17. The van der Waals surface area contributed by atoms with E-state index in [0.717, 1.165) is 37.7 Å². The Kier molecular flexibility index (Phi) is 4.19. The molecule has 1 aromatic heterocycles. The van der Waals surface area contributed by atoms with Crippen molar-refractivity contribution in [3.8, 4) is 0 Å². The second-order valence-electron chi connectivity index (χ2n) is 4.42. The first kappa shape index (κ1) is 13.3. The number of likely N-dealkylation sites (N-methyl/N-ethyl adjacent to an activating group) is 1. The Morgan fingerprint density at radius 3 is 2.89 bits per heavy atom. The minimum absolute atomic E-state index is 0.316. The molecule has 1 aliphatic heterocycles. The number of carboxylic acid groups (broad SMARTS) is 1. The molecule has 0 spiro atoms. The number of carboxylic acids is 1. The Morgan fingerprint density at radius 2 is 2.33 bits per heavy atom. The van der Waals surface area contributed by atoms with E-state index in [2.05, 4.69) is 28.6 Å². The van der Waals surface area contributed by atoms with Gasteiger partial charge in [-0.05, 0) is 19.5 Å². The number of rotatable bonds is 5. The van der Waals surface area contributed by atoms with Crippen LogP contribution in [0.1, 0.15) is 29.9 Å². The third-order valence-electron chi connectivity index (χ3n) is 3.47. The van der Waals surface area contributed by atoms with Gasteiger partial charge in [-0.3, -0.25) is 4.90 Å². The number of hydrogen-bond acceptors (Lipinski definition) is 5. The van der Waals surface area contributed by atoms with Gasteiger partial charge in [0.1, 0.15) is 4.88 Å². The third-order valence-corrected chi connectivity index (χ3v) is 4.51. The van der Waals surface area contributed by atoms with Crippen molar-refractivity contribution < 1.29 is 9.90 Å². The quantitative estimate of drug-likeness (QED) is 0.882. The van der Waals surface area contributed by atoms with Crippen LogP contribution in [0.5, 0.6) is 0 Å². The van der Waals surface area contributed by atoms with Gasteiger partial charge in [-0.25, -0.2) is 9.78 Å². The largest absolute Gasteiger partial charge is 0.477 e. The van der Waals surface area contributed by atoms with Gasteiger partial charge in [0, 0.05) is 19.1 Å². The fourth-order valence-corrected chi connectivity index (χ4v) is 3.25. The van der Waals surface area contributed by atoms with Crippen molar-refractivity contribution in [1.82, 2.24) is 9.88 Å². The van der Waals surface area contributed by atoms with Crippen LogP contribution < -0.4 is 4.90 Å². The molecule has 0 bridgehead atoms. The van der Waals surface area contributed by atoms with Gasteiger partial charge in [0.25, 0.3) is 0 Å². The number of aromatic nitrogens is 1. The highest BCUT2D eigenvalue weighted by Crippen LogP contribution is 2.27. The van der Waals surface area contributed by atoms with Crippen molar-refractivity contribution in [1.29, 1.82) is 0 Å². The zero-order chi connectivity index (χ0) is 13.1. The lowest BCUT2D eigenvalue weighted by Gasteiger charge is -2.25. The topological polar surface area (TPSA) is 56.7 Å². The smallest absolute Gasteiger partial charge is 0.347 e. The Labute approximate surface area is 111 Å². The Bertz CT molecular complexity index is 417. The van der Waals surface area contributed by atoms with Crippen LogP contribution in [0.4, 0.5) is 5.13 Å². The summed E-state index contributed by atoms with van der Waals surface area (Å²) in [5.41, 5.74) is 0. The SMILES string of the molecule is CCN(CC)C1CCN(c2ncc(C(=O)O)s2)C1. The van der Waals surface area contributed by atoms with Crippen LogP contribution in [0.3, 0.4) is 0 Å². The second-order valence-corrected chi connectivity index (χ2v) is 5.43. The molecule has 2 heterocycles. The molecule has 1 aliphatic rings. The molecule has 0 aliphatic carbocycles. The van der Waals surface area contributed by atoms with E-state index in [4.69, 9.17) is 5.11 Å². The van der Waals surface area contributed by atoms with E-state index in [-0.39, 0.29) is 0 Å². The molecule has 0 saturated carbocycles. The average molecular weight is 269 g/mol. The summed E-state index contributed by atoms with van der Waals surface area (Å²) in [6.07, 6.45) is 2.58. The van der Waals surface area contributed by atoms with Crippen LogP contribution in [0, 0.1) is 0 Å². The van der Waals surface area contributed by atoms with Crippen molar-refractivity contribution in [2.24, 2.45) is 0 Å². The first-order valence-corrected chi connectivity index (χ1v) is 7.15. The second kappa shape index (κ2) is 5.67. The summed E-state index contributed by atoms with van der Waals surface area (Å²) >= 11 is 1.26. The lowest BCUT2D eigenvalue weighted by molar-refractivity contribution is 0.0702. The van der Waals surface area contributed by atoms with Crippen molar-refractivity contribution in [2.45, 2.75) is 26.3 Å². The maximum Gasteiger partial charge on any atom is 0.347 e. The fourth-order valence-electron chi connectivity index (χ4n) is 2.46. The molecule has 1 unspecified atom stereocenters. The number of anilines is 1. The van der Waals surface area contributed by atoms with Gasteiger partial charge in [-0.1, -0.05) is 25.2 Å². The van der Waals surface area contributed by atoms with Crippen LogP contribution in [0.15, 0.2) is 6.20 Å². The monoisotopic (exact) mass is 269 g/mol. The molecule has 1 saturated heterocycles. The number of thiazole rings is 1. The molecule has 18 heavy (non-hydrogen) atoms. The van der Waals surface area contributed by atoms with Gasteiger partial charge in [-0.15, -0.1) is 0 Å². The van der Waals surface area contributed by atoms with E-state index < -0.39 is 5.97 Å². The summed E-state index contributed by atoms with van der Waals surface area (Å²) < 4.78 is 0. The van der Waals surface area contributed by atoms with Crippen molar-refractivity contribution >= 4 is 22.4 Å². The highest BCUT2D eigenvalue weighted by atomic mass is 32.1. The van der Waals surface area contributed by atoms with Gasteiger partial charge >= 0.3 is 5.97 Å². The fraction of sp³-hybridized carbons (Fsp3) is 0.667. The van der Waals surface area contributed by atoms with Gasteiger partial charge in [0.2, 0.25) is 0 Å². The minimum Gasteiger partial charge on any atom is -0.477 e. The number of carbonyl (C=O) groups is 1. The lowest BCUT2D eigenvalue weighted by Crippen LogP contribution is -2.37. The maximum atomic E-state index is 10.8. The van der Waals surface area contributed by atoms with E-state index in [1.807, 2.05) is 0 Å². The molecule has 0 amide bonds. The van der Waals surface area contributed by atoms with Crippen LogP contribution in [-0.2, 0) is 0 Å². The zero-order valence-corrected chi connectivity index (χ0v) is 11.6. The molecule has 1 atom stereocenters. The molecular weight excluding hydrogens is 250 g/mol. The zero-order valence-electron chi connectivity index (χ0n) is 10.8. The normalized spacial score (nSPS) is 19.7. The van der Waals surface area contributed by atoms with E-state index >= 15 is 0 Å². The van der Waals surface area contributed by atoms with Crippen molar-refractivity contribution in [2.75, 3.05) is 31.1 Å². The lowest BCUT2D eigenvalue weighted by atomic mass is 10.2. The summed E-state index contributed by atoms with van der Waals surface area (Å²) in [4.78, 5) is 20.0. The molecule has 6 heteroatoms. The van der Waals surface area contributed by atoms with Gasteiger partial charge in [0.15, 0.2) is 5.13 Å². The van der Waals surface area contributed by atoms with Crippen LogP contribution in [-0.4, -0.2) is 53.2 Å². The maximum absolute atomic E-state index is 10.8. The first-order valence-electron chi connectivity index (χ1n) is 6.33. The summed E-state index contributed by atoms with van der Waals surface area (Å²) in [6.45, 7) is 8.40. The number of nitrogens with zero attached hydrogens (tertiary/aromatic N) is 3. The Balaban J connectivity index is 2.01. The number of aromatic carboxylic acids is 1. The Hall–Kier alpha value is -1.14. The molecule has 100 valence electrons. The predicted octanol–water partition coefficient (Wildman–Crippen LogP) is 1.76. The molecule has 1 N–H and O–H groups in total. The summed E-state index contributed by atoms with van der Waals surface area (Å²) in [5, 5.41) is 9.74. The molecular formula is C12H19N3O2S. The summed E-state index contributed by atoms with van der Waals surface area (Å²) in [6, 6.07) is 0.567. The first-order chi connectivity index (χ1) is 8.65. The molecule has 0 aromatic carbocycles. The van der Waals surface area contributed by atoms with Crippen LogP contribution >= 0.6 is 11.3 Å². The van der Waals surface area contributed by atoms with Crippen molar-refractivity contribution in [3.63, 3.8) is 0 Å². The van der Waals surface area contributed by atoms with Gasteiger partial charge < -0.3 is 10.0 Å². The third kappa shape index (κ3) is 2.64. The highest BCUT2D eigenvalue weighted by Gasteiger charge is 2.28. The van der Waals surface area contributed by atoms with E-state index in [1.54, 1.807) is 0 Å². The Morgan fingerprint density at radius 1 is 1.61 bits per heavy atom. The van der Waals surface area contributed by atoms with Gasteiger partial charge in [0.05, 0.1) is 6.20 Å². The number of hydrogen-bond donors (Lipinski definition) is 1. The summed E-state index contributed by atoms with van der Waals surface area (Å²) in [7, 11) is 0. The van der Waals surface area contributed by atoms with E-state index in [1.165, 1.54) is 17.5 Å². The standard InChI is InChI=1S/C12H19N3O2S/c1-3-14(4-2)9-5-6-15(8-9)12-13-7-10(18-12)11(16)17/h7,9H,3-6,8H2,1-2H3,(H,16,17). The molecule has 0 radical (unpaired) electrons.